The van der Waals surface area contributed by atoms with Crippen molar-refractivity contribution in [1.82, 2.24) is 10.2 Å². The Bertz CT molecular complexity index is 1170. The van der Waals surface area contributed by atoms with Crippen LogP contribution >= 0.6 is 23.2 Å². The zero-order valence-corrected chi connectivity index (χ0v) is 21.4. The zero-order valence-electron chi connectivity index (χ0n) is 19.9. The molecule has 0 radical (unpaired) electrons. The summed E-state index contributed by atoms with van der Waals surface area (Å²) in [6.07, 6.45) is 0.448. The molecule has 0 bridgehead atoms. The maximum atomic E-state index is 13.4. The molecular formula is C27H30Cl2N2O3. The average Bonchev–Trinajstić information content (AvgIpc) is 2.78. The zero-order chi connectivity index (χ0) is 24.9. The Morgan fingerprint density at radius 1 is 1.00 bits per heavy atom. The first-order valence-electron chi connectivity index (χ1n) is 11.2. The third-order valence-electron chi connectivity index (χ3n) is 5.32. The molecule has 1 atom stereocenters. The summed E-state index contributed by atoms with van der Waals surface area (Å²) in [5.74, 6) is 0.108. The predicted molar refractivity (Wildman–Crippen MR) is 138 cm³/mol. The Morgan fingerprint density at radius 3 is 2.38 bits per heavy atom. The molecule has 7 heteroatoms. The van der Waals surface area contributed by atoms with E-state index in [1.165, 1.54) is 0 Å². The smallest absolute Gasteiger partial charge is 0.261 e. The number of nitrogens with zero attached hydrogens (tertiary/aromatic N) is 1. The third-order valence-corrected chi connectivity index (χ3v) is 6.06. The number of hydrogen-bond acceptors (Lipinski definition) is 3. The van der Waals surface area contributed by atoms with Crippen molar-refractivity contribution in [3.05, 3.63) is 76.3 Å². The molecule has 3 rings (SSSR count). The summed E-state index contributed by atoms with van der Waals surface area (Å²) in [6.45, 7) is 7.61. The Hall–Kier alpha value is -2.76. The van der Waals surface area contributed by atoms with Crippen molar-refractivity contribution in [2.45, 2.75) is 52.2 Å². The van der Waals surface area contributed by atoms with Gasteiger partial charge in [-0.3, -0.25) is 9.59 Å². The molecule has 0 unspecified atom stereocenters. The first kappa shape index (κ1) is 25.9. The molecule has 0 aliphatic carbocycles. The van der Waals surface area contributed by atoms with Gasteiger partial charge in [-0.05, 0) is 56.3 Å². The standard InChI is InChI=1S/C27H30Cl2N2O3/c1-5-23(26(33)30-27(2,3)4)31(16-18-13-14-21(28)22(29)15-18)25(32)17-34-24-12-8-10-19-9-6-7-11-20(19)24/h6-15,23H,5,16-17H2,1-4H3,(H,30,33)/t23-/m1/s1. The summed E-state index contributed by atoms with van der Waals surface area (Å²) in [5.41, 5.74) is 0.345. The minimum atomic E-state index is -0.669. The van der Waals surface area contributed by atoms with Gasteiger partial charge in [0.1, 0.15) is 11.8 Å². The van der Waals surface area contributed by atoms with Gasteiger partial charge in [-0.2, -0.15) is 0 Å². The molecule has 2 amide bonds. The molecule has 3 aromatic carbocycles. The lowest BCUT2D eigenvalue weighted by Crippen LogP contribution is -2.54. The van der Waals surface area contributed by atoms with Crippen LogP contribution < -0.4 is 10.1 Å². The lowest BCUT2D eigenvalue weighted by Gasteiger charge is -2.33. The average molecular weight is 501 g/mol. The number of amides is 2. The largest absolute Gasteiger partial charge is 0.483 e. The number of carbonyl (C=O) groups excluding carboxylic acids is 2. The van der Waals surface area contributed by atoms with E-state index in [1.54, 1.807) is 23.1 Å². The van der Waals surface area contributed by atoms with Gasteiger partial charge in [-0.15, -0.1) is 0 Å². The van der Waals surface area contributed by atoms with Crippen LogP contribution in [0.4, 0.5) is 0 Å². The SMILES string of the molecule is CC[C@H](C(=O)NC(C)(C)C)N(Cc1ccc(Cl)c(Cl)c1)C(=O)COc1cccc2ccccc12. The lowest BCUT2D eigenvalue weighted by molar-refractivity contribution is -0.143. The van der Waals surface area contributed by atoms with Gasteiger partial charge in [0.2, 0.25) is 5.91 Å². The van der Waals surface area contributed by atoms with Gasteiger partial charge in [-0.1, -0.05) is 72.6 Å². The monoisotopic (exact) mass is 500 g/mol. The van der Waals surface area contributed by atoms with Crippen molar-refractivity contribution in [1.29, 1.82) is 0 Å². The molecule has 0 spiro atoms. The van der Waals surface area contributed by atoms with Gasteiger partial charge >= 0.3 is 0 Å². The molecule has 0 fully saturated rings. The molecule has 180 valence electrons. The molecule has 0 heterocycles. The minimum absolute atomic E-state index is 0.199. The van der Waals surface area contributed by atoms with Gasteiger partial charge < -0.3 is 15.0 Å². The van der Waals surface area contributed by atoms with Crippen LogP contribution in [0.2, 0.25) is 10.0 Å². The summed E-state index contributed by atoms with van der Waals surface area (Å²) < 4.78 is 5.95. The number of benzene rings is 3. The van der Waals surface area contributed by atoms with Crippen LogP contribution in [-0.2, 0) is 16.1 Å². The molecule has 3 aromatic rings. The Kier molecular flexibility index (Phi) is 8.45. The fourth-order valence-electron chi connectivity index (χ4n) is 3.75. The Morgan fingerprint density at radius 2 is 1.71 bits per heavy atom. The van der Waals surface area contributed by atoms with Gasteiger partial charge in [0, 0.05) is 17.5 Å². The van der Waals surface area contributed by atoms with Gasteiger partial charge in [-0.25, -0.2) is 0 Å². The third kappa shape index (κ3) is 6.64. The van der Waals surface area contributed by atoms with Crippen molar-refractivity contribution < 1.29 is 14.3 Å². The quantitative estimate of drug-likeness (QED) is 0.397. The van der Waals surface area contributed by atoms with Crippen molar-refractivity contribution >= 4 is 45.8 Å². The molecule has 0 aromatic heterocycles. The summed E-state index contributed by atoms with van der Waals surface area (Å²) in [4.78, 5) is 28.1. The van der Waals surface area contributed by atoms with Crippen molar-refractivity contribution in [2.24, 2.45) is 0 Å². The molecule has 0 aliphatic heterocycles. The van der Waals surface area contributed by atoms with Gasteiger partial charge in [0.05, 0.1) is 10.0 Å². The van der Waals surface area contributed by atoms with E-state index in [9.17, 15) is 9.59 Å². The van der Waals surface area contributed by atoms with E-state index in [4.69, 9.17) is 27.9 Å². The molecule has 0 saturated heterocycles. The summed E-state index contributed by atoms with van der Waals surface area (Å²) in [5, 5.41) is 5.76. The summed E-state index contributed by atoms with van der Waals surface area (Å²) in [6, 6.07) is 18.1. The number of hydrogen-bond donors (Lipinski definition) is 1. The maximum Gasteiger partial charge on any atom is 0.261 e. The molecule has 34 heavy (non-hydrogen) atoms. The van der Waals surface area contributed by atoms with E-state index in [2.05, 4.69) is 5.32 Å². The summed E-state index contributed by atoms with van der Waals surface area (Å²) in [7, 11) is 0. The first-order chi connectivity index (χ1) is 16.1. The van der Waals surface area contributed by atoms with Crippen molar-refractivity contribution in [3.63, 3.8) is 0 Å². The number of ether oxygens (including phenoxy) is 1. The highest BCUT2D eigenvalue weighted by atomic mass is 35.5. The van der Waals surface area contributed by atoms with Gasteiger partial charge in [0.25, 0.3) is 5.91 Å². The second-order valence-electron chi connectivity index (χ2n) is 9.20. The highest BCUT2D eigenvalue weighted by Gasteiger charge is 2.31. The summed E-state index contributed by atoms with van der Waals surface area (Å²) >= 11 is 12.3. The fraction of sp³-hybridized carbons (Fsp3) is 0.333. The normalized spacial score (nSPS) is 12.3. The Labute approximate surface area is 211 Å². The van der Waals surface area contributed by atoms with Crippen LogP contribution in [0.25, 0.3) is 10.8 Å². The van der Waals surface area contributed by atoms with Gasteiger partial charge in [0.15, 0.2) is 6.61 Å². The molecule has 1 N–H and O–H groups in total. The fourth-order valence-corrected chi connectivity index (χ4v) is 4.07. The van der Waals surface area contributed by atoms with E-state index in [-0.39, 0.29) is 25.0 Å². The highest BCUT2D eigenvalue weighted by molar-refractivity contribution is 6.42. The van der Waals surface area contributed by atoms with E-state index < -0.39 is 11.6 Å². The lowest BCUT2D eigenvalue weighted by atomic mass is 10.1. The maximum absolute atomic E-state index is 13.4. The van der Waals surface area contributed by atoms with Crippen LogP contribution in [0.3, 0.4) is 0 Å². The molecule has 0 saturated carbocycles. The van der Waals surface area contributed by atoms with E-state index in [0.29, 0.717) is 22.2 Å². The number of rotatable bonds is 8. The van der Waals surface area contributed by atoms with Crippen LogP contribution in [0.15, 0.2) is 60.7 Å². The number of halogens is 2. The highest BCUT2D eigenvalue weighted by Crippen LogP contribution is 2.26. The van der Waals surface area contributed by atoms with Crippen LogP contribution in [0, 0.1) is 0 Å². The molecular weight excluding hydrogens is 471 g/mol. The number of nitrogens with one attached hydrogen (secondary N) is 1. The van der Waals surface area contributed by atoms with E-state index in [1.807, 2.05) is 70.2 Å². The van der Waals surface area contributed by atoms with Crippen LogP contribution in [0.1, 0.15) is 39.7 Å². The number of fused-ring (bicyclic) bond motifs is 1. The van der Waals surface area contributed by atoms with Crippen LogP contribution in [0.5, 0.6) is 5.75 Å². The van der Waals surface area contributed by atoms with E-state index >= 15 is 0 Å². The van der Waals surface area contributed by atoms with Crippen LogP contribution in [-0.4, -0.2) is 34.9 Å². The second kappa shape index (κ2) is 11.1. The topological polar surface area (TPSA) is 58.6 Å². The Balaban J connectivity index is 1.86. The molecule has 0 aliphatic rings. The first-order valence-corrected chi connectivity index (χ1v) is 12.0. The minimum Gasteiger partial charge on any atom is -0.483 e. The number of carbonyl (C=O) groups is 2. The van der Waals surface area contributed by atoms with Crippen molar-refractivity contribution in [2.75, 3.05) is 6.61 Å². The van der Waals surface area contributed by atoms with E-state index in [0.717, 1.165) is 16.3 Å². The van der Waals surface area contributed by atoms with Crippen molar-refractivity contribution in [3.8, 4) is 5.75 Å². The molecule has 5 nitrogen and oxygen atoms in total. The second-order valence-corrected chi connectivity index (χ2v) is 10.0. The predicted octanol–water partition coefficient (Wildman–Crippen LogP) is 6.25.